The van der Waals surface area contributed by atoms with Gasteiger partial charge in [0.05, 0.1) is 0 Å². The van der Waals surface area contributed by atoms with Crippen LogP contribution in [0, 0.1) is 17.6 Å². The molecule has 7 heteroatoms. The second kappa shape index (κ2) is 4.21. The van der Waals surface area contributed by atoms with Gasteiger partial charge in [-0.15, -0.1) is 0 Å². The zero-order chi connectivity index (χ0) is 10.7. The second-order valence-electron chi connectivity index (χ2n) is 2.25. The van der Waals surface area contributed by atoms with Crippen molar-refractivity contribution in [2.24, 2.45) is 0 Å². The highest BCUT2D eigenvalue weighted by Gasteiger charge is 2.14. The van der Waals surface area contributed by atoms with E-state index in [1.54, 1.807) is 0 Å². The van der Waals surface area contributed by atoms with Crippen LogP contribution in [-0.4, -0.2) is 18.0 Å². The zero-order valence-electron chi connectivity index (χ0n) is 6.61. The first-order valence-electron chi connectivity index (χ1n) is 3.43. The molecule has 2 nitrogen and oxygen atoms in total. The van der Waals surface area contributed by atoms with E-state index in [4.69, 9.17) is 0 Å². The Kier molecular flexibility index (Phi) is 3.21. The smallest absolute Gasteiger partial charge is 0.272 e. The highest BCUT2D eigenvalue weighted by atomic mass is 19.3. The van der Waals surface area contributed by atoms with Crippen molar-refractivity contribution in [3.63, 3.8) is 0 Å². The largest absolute Gasteiger partial charge is 0.469 e. The van der Waals surface area contributed by atoms with Crippen molar-refractivity contribution >= 4 is 0 Å². The predicted octanol–water partition coefficient (Wildman–Crippen LogP) is 2.14. The third kappa shape index (κ3) is 2.54. The summed E-state index contributed by atoms with van der Waals surface area (Å²) in [5.41, 5.74) is 0. The van der Waals surface area contributed by atoms with Gasteiger partial charge >= 0.3 is 0 Å². The Bertz CT molecular complexity index is 330. The Balaban J connectivity index is 2.82. The fourth-order valence-corrected chi connectivity index (χ4v) is 0.672. The molecule has 0 radical (unpaired) electrons. The van der Waals surface area contributed by atoms with Gasteiger partial charge < -0.3 is 4.74 Å². The van der Waals surface area contributed by atoms with Crippen LogP contribution < -0.4 is 4.74 Å². The third-order valence-electron chi connectivity index (χ3n) is 1.20. The summed E-state index contributed by atoms with van der Waals surface area (Å²) in [4.78, 5) is 2.67. The molecule has 0 spiro atoms. The quantitative estimate of drug-likeness (QED) is 0.566. The molecule has 0 bridgehead atoms. The molecule has 1 heterocycles. The van der Waals surface area contributed by atoms with Crippen molar-refractivity contribution in [2.75, 3.05) is 6.61 Å². The van der Waals surface area contributed by atoms with Crippen LogP contribution in [0.4, 0.5) is 22.0 Å². The summed E-state index contributed by atoms with van der Waals surface area (Å²) in [5, 5.41) is 0. The Morgan fingerprint density at radius 1 is 1.21 bits per heavy atom. The first kappa shape index (κ1) is 10.7. The maximum Gasteiger partial charge on any atom is 0.272 e. The normalized spacial score (nSPS) is 10.7. The minimum absolute atomic E-state index is 0.170. The lowest BCUT2D eigenvalue weighted by Crippen LogP contribution is -2.10. The first-order valence-corrected chi connectivity index (χ1v) is 3.43. The number of nitrogens with zero attached hydrogens (tertiary/aromatic N) is 1. The summed E-state index contributed by atoms with van der Waals surface area (Å²) in [6.07, 6.45) is -2.84. The summed E-state index contributed by atoms with van der Waals surface area (Å²) in [5.74, 6) is -5.42. The highest BCUT2D eigenvalue weighted by molar-refractivity contribution is 5.15. The lowest BCUT2D eigenvalue weighted by Gasteiger charge is -2.05. The van der Waals surface area contributed by atoms with Gasteiger partial charge in [0, 0.05) is 6.07 Å². The highest BCUT2D eigenvalue weighted by Crippen LogP contribution is 2.16. The fraction of sp³-hybridized carbons (Fsp3) is 0.286. The molecule has 0 amide bonds. The van der Waals surface area contributed by atoms with Gasteiger partial charge in [-0.1, -0.05) is 0 Å². The molecule has 14 heavy (non-hydrogen) atoms. The Morgan fingerprint density at radius 3 is 2.43 bits per heavy atom. The van der Waals surface area contributed by atoms with Crippen LogP contribution in [0.3, 0.4) is 0 Å². The van der Waals surface area contributed by atoms with E-state index in [0.29, 0.717) is 0 Å². The van der Waals surface area contributed by atoms with Crippen molar-refractivity contribution in [1.29, 1.82) is 0 Å². The third-order valence-corrected chi connectivity index (χ3v) is 1.20. The minimum atomic E-state index is -2.84. The van der Waals surface area contributed by atoms with Crippen LogP contribution in [0.2, 0.25) is 0 Å². The van der Waals surface area contributed by atoms with E-state index in [9.17, 15) is 22.0 Å². The van der Waals surface area contributed by atoms with Crippen LogP contribution in [-0.2, 0) is 0 Å². The SMILES string of the molecule is Fc1cc(F)c(OCC(F)F)nc1F. The summed E-state index contributed by atoms with van der Waals surface area (Å²) in [7, 11) is 0. The van der Waals surface area contributed by atoms with Gasteiger partial charge in [-0.3, -0.25) is 0 Å². The van der Waals surface area contributed by atoms with Crippen molar-refractivity contribution in [3.05, 3.63) is 23.6 Å². The van der Waals surface area contributed by atoms with Crippen molar-refractivity contribution in [2.45, 2.75) is 6.43 Å². The molecule has 0 atom stereocenters. The van der Waals surface area contributed by atoms with E-state index in [-0.39, 0.29) is 6.07 Å². The monoisotopic (exact) mass is 213 g/mol. The number of pyridine rings is 1. The average Bonchev–Trinajstić information content (AvgIpc) is 2.09. The van der Waals surface area contributed by atoms with Gasteiger partial charge in [-0.05, 0) is 0 Å². The van der Waals surface area contributed by atoms with Crippen LogP contribution in [0.25, 0.3) is 0 Å². The second-order valence-corrected chi connectivity index (χ2v) is 2.25. The molecular formula is C7H4F5NO. The molecule has 1 aromatic rings. The molecule has 0 N–H and O–H groups in total. The summed E-state index contributed by atoms with van der Waals surface area (Å²) in [6.45, 7) is -1.13. The maximum absolute atomic E-state index is 12.6. The predicted molar refractivity (Wildman–Crippen MR) is 35.6 cm³/mol. The van der Waals surface area contributed by atoms with E-state index in [0.717, 1.165) is 0 Å². The van der Waals surface area contributed by atoms with Crippen LogP contribution in [0.5, 0.6) is 5.88 Å². The summed E-state index contributed by atoms with van der Waals surface area (Å²) < 4.78 is 64.6. The maximum atomic E-state index is 12.6. The molecule has 0 aliphatic rings. The molecule has 1 aromatic heterocycles. The number of alkyl halides is 2. The molecule has 0 aromatic carbocycles. The first-order chi connectivity index (χ1) is 6.50. The minimum Gasteiger partial charge on any atom is -0.469 e. The molecule has 0 unspecified atom stereocenters. The Morgan fingerprint density at radius 2 is 1.86 bits per heavy atom. The van der Waals surface area contributed by atoms with Crippen molar-refractivity contribution in [3.8, 4) is 5.88 Å². The van der Waals surface area contributed by atoms with Gasteiger partial charge in [0.1, 0.15) is 0 Å². The molecule has 78 valence electrons. The topological polar surface area (TPSA) is 22.1 Å². The van der Waals surface area contributed by atoms with E-state index in [2.05, 4.69) is 9.72 Å². The Hall–Kier alpha value is -1.40. The molecule has 1 rings (SSSR count). The van der Waals surface area contributed by atoms with Gasteiger partial charge in [0.25, 0.3) is 18.3 Å². The number of hydrogen-bond donors (Lipinski definition) is 0. The van der Waals surface area contributed by atoms with Gasteiger partial charge in [-0.25, -0.2) is 17.6 Å². The number of hydrogen-bond acceptors (Lipinski definition) is 2. The van der Waals surface area contributed by atoms with Crippen LogP contribution in [0.15, 0.2) is 6.07 Å². The zero-order valence-corrected chi connectivity index (χ0v) is 6.61. The summed E-state index contributed by atoms with van der Waals surface area (Å²) in [6, 6.07) is 0.170. The number of aromatic nitrogens is 1. The molecule has 0 aliphatic carbocycles. The van der Waals surface area contributed by atoms with E-state index in [1.807, 2.05) is 0 Å². The van der Waals surface area contributed by atoms with Crippen LogP contribution >= 0.6 is 0 Å². The number of halogens is 5. The standard InChI is InChI=1S/C7H4F5NO/c8-3-1-4(9)7(13-6(3)12)14-2-5(10)11/h1,5H,2H2. The van der Waals surface area contributed by atoms with Gasteiger partial charge in [-0.2, -0.15) is 9.37 Å². The number of ether oxygens (including phenoxy) is 1. The van der Waals surface area contributed by atoms with E-state index in [1.165, 1.54) is 0 Å². The van der Waals surface area contributed by atoms with Crippen LogP contribution in [0.1, 0.15) is 0 Å². The van der Waals surface area contributed by atoms with Gasteiger partial charge in [0.15, 0.2) is 18.2 Å². The molecule has 0 fully saturated rings. The molecule has 0 saturated carbocycles. The van der Waals surface area contributed by atoms with Crippen molar-refractivity contribution in [1.82, 2.24) is 4.98 Å². The van der Waals surface area contributed by atoms with Crippen molar-refractivity contribution < 1.29 is 26.7 Å². The lowest BCUT2D eigenvalue weighted by molar-refractivity contribution is 0.0766. The average molecular weight is 213 g/mol. The summed E-state index contributed by atoms with van der Waals surface area (Å²) >= 11 is 0. The molecular weight excluding hydrogens is 209 g/mol. The number of rotatable bonds is 3. The van der Waals surface area contributed by atoms with E-state index < -0.39 is 36.5 Å². The lowest BCUT2D eigenvalue weighted by atomic mass is 10.4. The fourth-order valence-electron chi connectivity index (χ4n) is 0.672. The molecule has 0 saturated heterocycles. The molecule has 0 aliphatic heterocycles. The van der Waals surface area contributed by atoms with E-state index >= 15 is 0 Å². The van der Waals surface area contributed by atoms with Gasteiger partial charge in [0.2, 0.25) is 0 Å². The Labute approximate surface area is 75.3 Å².